The Kier molecular flexibility index (Phi) is 6.01. The first kappa shape index (κ1) is 20.4. The Balaban J connectivity index is 1.40. The summed E-state index contributed by atoms with van der Waals surface area (Å²) in [4.78, 5) is 35.4. The molecule has 3 heterocycles. The number of thiophene rings is 1. The van der Waals surface area contributed by atoms with Crippen LogP contribution in [0.2, 0.25) is 0 Å². The highest BCUT2D eigenvalue weighted by Crippen LogP contribution is 2.30. The number of aromatic nitrogens is 1. The fourth-order valence-electron chi connectivity index (χ4n) is 3.27. The molecule has 0 N–H and O–H groups in total. The first-order valence-electron chi connectivity index (χ1n) is 9.40. The molecular formula is C21H21N3O4S2. The third-order valence-electron chi connectivity index (χ3n) is 4.90. The molecule has 0 unspecified atom stereocenters. The van der Waals surface area contributed by atoms with Gasteiger partial charge in [-0.1, -0.05) is 6.07 Å². The number of hydrogen-bond donors (Lipinski definition) is 0. The standard InChI is InChI=1S/C21H21N3O4S2/c1-27-15-10-14(11-16(12-15)28-2)20(25)23-5-7-24(8-6-23)21(26)18-13-22-19(30-18)17-4-3-9-29-17/h3-4,9-13H,5-8H2,1-2H3. The second-order valence-electron chi connectivity index (χ2n) is 6.69. The Hall–Kier alpha value is -2.91. The smallest absolute Gasteiger partial charge is 0.265 e. The summed E-state index contributed by atoms with van der Waals surface area (Å²) in [5, 5.41) is 2.85. The Labute approximate surface area is 182 Å². The average molecular weight is 444 g/mol. The van der Waals surface area contributed by atoms with Crippen LogP contribution in [0.25, 0.3) is 9.88 Å². The van der Waals surface area contributed by atoms with Crippen LogP contribution in [-0.4, -0.2) is 67.0 Å². The lowest BCUT2D eigenvalue weighted by molar-refractivity contribution is 0.0537. The summed E-state index contributed by atoms with van der Waals surface area (Å²) < 4.78 is 10.5. The quantitative estimate of drug-likeness (QED) is 0.604. The SMILES string of the molecule is COc1cc(OC)cc(C(=O)N2CCN(C(=O)c3cnc(-c4cccs4)s3)CC2)c1. The van der Waals surface area contributed by atoms with Crippen LogP contribution < -0.4 is 9.47 Å². The predicted octanol–water partition coefficient (Wildman–Crippen LogP) is 3.49. The topological polar surface area (TPSA) is 72.0 Å². The minimum Gasteiger partial charge on any atom is -0.497 e. The molecule has 3 aromatic rings. The minimum atomic E-state index is -0.0999. The van der Waals surface area contributed by atoms with E-state index in [1.54, 1.807) is 59.8 Å². The number of carbonyl (C=O) groups is 2. The molecule has 4 rings (SSSR count). The van der Waals surface area contributed by atoms with Crippen LogP contribution in [0, 0.1) is 0 Å². The fourth-order valence-corrected chi connectivity index (χ4v) is 4.96. The number of hydrogen-bond acceptors (Lipinski definition) is 7. The van der Waals surface area contributed by atoms with Crippen LogP contribution in [0.4, 0.5) is 0 Å². The van der Waals surface area contributed by atoms with Gasteiger partial charge in [-0.25, -0.2) is 4.98 Å². The molecule has 0 saturated carbocycles. The fraction of sp³-hybridized carbons (Fsp3) is 0.286. The number of carbonyl (C=O) groups excluding carboxylic acids is 2. The van der Waals surface area contributed by atoms with Gasteiger partial charge >= 0.3 is 0 Å². The molecule has 156 valence electrons. The van der Waals surface area contributed by atoms with Gasteiger partial charge in [0.15, 0.2) is 0 Å². The number of methoxy groups -OCH3 is 2. The summed E-state index contributed by atoms with van der Waals surface area (Å²) in [5.41, 5.74) is 0.508. The maximum absolute atomic E-state index is 12.9. The third-order valence-corrected chi connectivity index (χ3v) is 6.93. The Morgan fingerprint density at radius 2 is 1.60 bits per heavy atom. The summed E-state index contributed by atoms with van der Waals surface area (Å²) >= 11 is 3.01. The molecule has 0 aliphatic carbocycles. The van der Waals surface area contributed by atoms with Crippen molar-refractivity contribution in [3.8, 4) is 21.4 Å². The predicted molar refractivity (Wildman–Crippen MR) is 117 cm³/mol. The van der Waals surface area contributed by atoms with Crippen molar-refractivity contribution in [3.63, 3.8) is 0 Å². The number of amides is 2. The Morgan fingerprint density at radius 3 is 2.17 bits per heavy atom. The normalized spacial score (nSPS) is 13.9. The first-order chi connectivity index (χ1) is 14.6. The van der Waals surface area contributed by atoms with Crippen molar-refractivity contribution in [1.29, 1.82) is 0 Å². The van der Waals surface area contributed by atoms with Crippen LogP contribution in [0.5, 0.6) is 11.5 Å². The van der Waals surface area contributed by atoms with Gasteiger partial charge < -0.3 is 19.3 Å². The molecule has 1 saturated heterocycles. The molecule has 0 radical (unpaired) electrons. The molecule has 9 heteroatoms. The van der Waals surface area contributed by atoms with Crippen molar-refractivity contribution in [3.05, 3.63) is 52.3 Å². The van der Waals surface area contributed by atoms with Crippen LogP contribution in [0.1, 0.15) is 20.0 Å². The van der Waals surface area contributed by atoms with Gasteiger partial charge in [0, 0.05) is 37.8 Å². The van der Waals surface area contributed by atoms with E-state index in [9.17, 15) is 9.59 Å². The van der Waals surface area contributed by atoms with E-state index in [0.717, 1.165) is 9.88 Å². The molecule has 0 spiro atoms. The molecule has 1 aliphatic heterocycles. The highest BCUT2D eigenvalue weighted by Gasteiger charge is 2.27. The van der Waals surface area contributed by atoms with Crippen molar-refractivity contribution in [2.45, 2.75) is 0 Å². The largest absolute Gasteiger partial charge is 0.497 e. The lowest BCUT2D eigenvalue weighted by atomic mass is 10.1. The summed E-state index contributed by atoms with van der Waals surface area (Å²) in [7, 11) is 3.10. The zero-order valence-electron chi connectivity index (χ0n) is 16.7. The highest BCUT2D eigenvalue weighted by atomic mass is 32.1. The molecule has 1 aromatic carbocycles. The summed E-state index contributed by atoms with van der Waals surface area (Å²) in [6, 6.07) is 9.09. The van der Waals surface area contributed by atoms with Crippen LogP contribution in [0.3, 0.4) is 0 Å². The van der Waals surface area contributed by atoms with Gasteiger partial charge in [-0.15, -0.1) is 22.7 Å². The maximum atomic E-state index is 12.9. The molecule has 1 fully saturated rings. The van der Waals surface area contributed by atoms with E-state index < -0.39 is 0 Å². The van der Waals surface area contributed by atoms with Gasteiger partial charge in [-0.05, 0) is 23.6 Å². The van der Waals surface area contributed by atoms with Crippen molar-refractivity contribution >= 4 is 34.5 Å². The highest BCUT2D eigenvalue weighted by molar-refractivity contribution is 7.21. The van der Waals surface area contributed by atoms with Crippen molar-refractivity contribution < 1.29 is 19.1 Å². The molecule has 0 bridgehead atoms. The van der Waals surface area contributed by atoms with Crippen LogP contribution in [0.15, 0.2) is 41.9 Å². The van der Waals surface area contributed by atoms with Gasteiger partial charge in [0.2, 0.25) is 0 Å². The van der Waals surface area contributed by atoms with E-state index in [4.69, 9.17) is 9.47 Å². The monoisotopic (exact) mass is 443 g/mol. The third kappa shape index (κ3) is 4.17. The van der Waals surface area contributed by atoms with Crippen LogP contribution >= 0.6 is 22.7 Å². The first-order valence-corrected chi connectivity index (χ1v) is 11.1. The molecule has 7 nitrogen and oxygen atoms in total. The van der Waals surface area contributed by atoms with E-state index in [1.165, 1.54) is 11.3 Å². The van der Waals surface area contributed by atoms with Crippen molar-refractivity contribution in [2.75, 3.05) is 40.4 Å². The summed E-state index contributed by atoms with van der Waals surface area (Å²) in [6.07, 6.45) is 1.64. The number of thiazole rings is 1. The van der Waals surface area contributed by atoms with Crippen LogP contribution in [-0.2, 0) is 0 Å². The van der Waals surface area contributed by atoms with Crippen molar-refractivity contribution in [2.24, 2.45) is 0 Å². The van der Waals surface area contributed by atoms with Gasteiger partial charge in [0.25, 0.3) is 11.8 Å². The maximum Gasteiger partial charge on any atom is 0.265 e. The lowest BCUT2D eigenvalue weighted by Crippen LogP contribution is -2.50. The zero-order valence-corrected chi connectivity index (χ0v) is 18.3. The van der Waals surface area contributed by atoms with Gasteiger partial charge in [0.05, 0.1) is 25.3 Å². The molecule has 1 aliphatic rings. The van der Waals surface area contributed by atoms with Gasteiger partial charge in [-0.3, -0.25) is 9.59 Å². The Bertz CT molecular complexity index is 1020. The molecule has 0 atom stereocenters. The molecule has 2 amide bonds. The Morgan fingerprint density at radius 1 is 0.967 bits per heavy atom. The molecule has 2 aromatic heterocycles. The lowest BCUT2D eigenvalue weighted by Gasteiger charge is -2.34. The number of nitrogens with zero attached hydrogens (tertiary/aromatic N) is 3. The number of piperazine rings is 1. The summed E-state index contributed by atoms with van der Waals surface area (Å²) in [6.45, 7) is 1.91. The molecular weight excluding hydrogens is 422 g/mol. The van der Waals surface area contributed by atoms with E-state index in [1.807, 2.05) is 17.5 Å². The van der Waals surface area contributed by atoms with Gasteiger partial charge in [0.1, 0.15) is 21.4 Å². The van der Waals surface area contributed by atoms with Crippen molar-refractivity contribution in [1.82, 2.24) is 14.8 Å². The van der Waals surface area contributed by atoms with E-state index in [-0.39, 0.29) is 11.8 Å². The number of benzene rings is 1. The number of ether oxygens (including phenoxy) is 2. The van der Waals surface area contributed by atoms with E-state index in [0.29, 0.717) is 48.1 Å². The zero-order chi connectivity index (χ0) is 21.1. The second kappa shape index (κ2) is 8.85. The molecule has 30 heavy (non-hydrogen) atoms. The second-order valence-corrected chi connectivity index (χ2v) is 8.67. The van der Waals surface area contributed by atoms with Gasteiger partial charge in [-0.2, -0.15) is 0 Å². The number of rotatable bonds is 5. The summed E-state index contributed by atoms with van der Waals surface area (Å²) in [5.74, 6) is 0.999. The van der Waals surface area contributed by atoms with E-state index in [2.05, 4.69) is 4.98 Å². The van der Waals surface area contributed by atoms with E-state index >= 15 is 0 Å². The minimum absolute atomic E-state index is 0.0366. The average Bonchev–Trinajstić information content (AvgIpc) is 3.50.